The first-order valence-corrected chi connectivity index (χ1v) is 34.2. The fourth-order valence-corrected chi connectivity index (χ4v) is 9.69. The lowest BCUT2D eigenvalue weighted by molar-refractivity contribution is -0.167. The average molecular weight is 1110 g/mol. The van der Waals surface area contributed by atoms with E-state index in [1.807, 2.05) is 0 Å². The Bertz CT molecular complexity index is 1560. The van der Waals surface area contributed by atoms with Crippen LogP contribution in [0.5, 0.6) is 0 Å². The predicted octanol–water partition coefficient (Wildman–Crippen LogP) is 23.6. The Labute approximate surface area is 496 Å². The van der Waals surface area contributed by atoms with Crippen molar-refractivity contribution in [2.24, 2.45) is 0 Å². The Morgan fingerprint density at radius 2 is 0.525 bits per heavy atom. The van der Waals surface area contributed by atoms with Gasteiger partial charge in [-0.05, 0) is 109 Å². The van der Waals surface area contributed by atoms with Gasteiger partial charge in [0.1, 0.15) is 13.2 Å². The summed E-state index contributed by atoms with van der Waals surface area (Å²) in [6.45, 7) is 6.42. The van der Waals surface area contributed by atoms with Crippen LogP contribution in [-0.2, 0) is 28.6 Å². The van der Waals surface area contributed by atoms with Crippen LogP contribution in [0.25, 0.3) is 0 Å². The normalized spacial score (nSPS) is 12.7. The van der Waals surface area contributed by atoms with Crippen LogP contribution in [0.15, 0.2) is 97.2 Å². The van der Waals surface area contributed by atoms with Crippen LogP contribution in [0.2, 0.25) is 0 Å². The van der Waals surface area contributed by atoms with Crippen LogP contribution >= 0.6 is 0 Å². The maximum absolute atomic E-state index is 12.8. The van der Waals surface area contributed by atoms with Gasteiger partial charge in [0.05, 0.1) is 0 Å². The summed E-state index contributed by atoms with van der Waals surface area (Å²) in [4.78, 5) is 38.2. The summed E-state index contributed by atoms with van der Waals surface area (Å²) in [6, 6.07) is 0. The van der Waals surface area contributed by atoms with Crippen LogP contribution in [0, 0.1) is 0 Å². The van der Waals surface area contributed by atoms with Gasteiger partial charge in [0.25, 0.3) is 0 Å². The van der Waals surface area contributed by atoms with Gasteiger partial charge < -0.3 is 14.2 Å². The minimum absolute atomic E-state index is 0.100. The standard InChI is InChI=1S/C74H128O6/c1-4-7-10-13-16-19-22-24-26-28-29-30-31-32-33-34-35-36-37-38-39-40-41-42-43-44-45-47-48-50-52-55-58-61-64-67-73(76)79-70-71(69-78-72(75)66-63-60-57-54-21-18-15-12-9-6-3)80-74(77)68-65-62-59-56-53-51-49-46-27-25-23-20-17-14-11-8-5-2/h8,11-12,15,17,20,22,24-25,27-29,49,51,56,59,71H,4-7,9-10,13-14,16,18-19,21,23,26,30-48,50,52-55,57-58,60-70H2,1-3H3/b11-8-,15-12-,20-17-,24-22-,27-25-,29-28-,51-49-,59-56-. The highest BCUT2D eigenvalue weighted by Crippen LogP contribution is 2.17. The molecule has 0 aliphatic carbocycles. The summed E-state index contributed by atoms with van der Waals surface area (Å²) in [6.07, 6.45) is 91.9. The average Bonchev–Trinajstić information content (AvgIpc) is 3.46. The summed E-state index contributed by atoms with van der Waals surface area (Å²) >= 11 is 0. The molecule has 0 heterocycles. The Hall–Kier alpha value is -3.67. The fraction of sp³-hybridized carbons (Fsp3) is 0.743. The lowest BCUT2D eigenvalue weighted by Gasteiger charge is -2.18. The Morgan fingerprint density at radius 3 is 0.863 bits per heavy atom. The second kappa shape index (κ2) is 67.8. The fourth-order valence-electron chi connectivity index (χ4n) is 9.69. The first-order chi connectivity index (χ1) is 39.5. The predicted molar refractivity (Wildman–Crippen MR) is 348 cm³/mol. The Kier molecular flexibility index (Phi) is 64.7. The SMILES string of the molecule is CC/C=C\C/C=C\C/C=C\C/C=C\C/C=C\CCCC(=O)OC(COC(=O)CCCCCCC/C=C\CCC)COC(=O)CCCCCCCCCCCCCCCCCCCCCCCCC/C=C\C/C=C\CCCCCCC. The molecule has 0 N–H and O–H groups in total. The van der Waals surface area contributed by atoms with Gasteiger partial charge in [0.15, 0.2) is 6.10 Å². The Morgan fingerprint density at radius 1 is 0.263 bits per heavy atom. The van der Waals surface area contributed by atoms with Crippen LogP contribution in [0.4, 0.5) is 0 Å². The van der Waals surface area contributed by atoms with Crippen molar-refractivity contribution < 1.29 is 28.6 Å². The molecule has 80 heavy (non-hydrogen) atoms. The van der Waals surface area contributed by atoms with Crippen LogP contribution in [-0.4, -0.2) is 37.2 Å². The molecular weight excluding hydrogens is 985 g/mol. The molecule has 1 unspecified atom stereocenters. The van der Waals surface area contributed by atoms with Gasteiger partial charge in [-0.3, -0.25) is 14.4 Å². The van der Waals surface area contributed by atoms with Gasteiger partial charge >= 0.3 is 17.9 Å². The highest BCUT2D eigenvalue weighted by Gasteiger charge is 2.19. The summed E-state index contributed by atoms with van der Waals surface area (Å²) in [7, 11) is 0. The summed E-state index contributed by atoms with van der Waals surface area (Å²) in [5.41, 5.74) is 0. The van der Waals surface area contributed by atoms with E-state index in [2.05, 4.69) is 118 Å². The summed E-state index contributed by atoms with van der Waals surface area (Å²) in [5, 5.41) is 0. The highest BCUT2D eigenvalue weighted by molar-refractivity contribution is 5.71. The van der Waals surface area contributed by atoms with Crippen LogP contribution < -0.4 is 0 Å². The quantitative estimate of drug-likeness (QED) is 0.0261. The van der Waals surface area contributed by atoms with Crippen molar-refractivity contribution in [1.82, 2.24) is 0 Å². The molecule has 460 valence electrons. The largest absolute Gasteiger partial charge is 0.462 e. The van der Waals surface area contributed by atoms with E-state index in [-0.39, 0.29) is 37.5 Å². The van der Waals surface area contributed by atoms with Crippen molar-refractivity contribution in [2.45, 2.75) is 341 Å². The van der Waals surface area contributed by atoms with Crippen LogP contribution in [0.3, 0.4) is 0 Å². The number of hydrogen-bond donors (Lipinski definition) is 0. The monoisotopic (exact) mass is 1110 g/mol. The molecular formula is C74H128O6. The number of allylic oxidation sites excluding steroid dienone is 16. The Balaban J connectivity index is 4.09. The van der Waals surface area contributed by atoms with E-state index in [0.717, 1.165) is 103 Å². The lowest BCUT2D eigenvalue weighted by atomic mass is 10.0. The molecule has 6 nitrogen and oxygen atoms in total. The van der Waals surface area contributed by atoms with Crippen molar-refractivity contribution in [2.75, 3.05) is 13.2 Å². The number of carbonyl (C=O) groups is 3. The molecule has 0 aromatic rings. The molecule has 0 bridgehead atoms. The molecule has 0 saturated heterocycles. The summed E-state index contributed by atoms with van der Waals surface area (Å²) in [5.74, 6) is -0.961. The summed E-state index contributed by atoms with van der Waals surface area (Å²) < 4.78 is 16.8. The first kappa shape index (κ1) is 76.3. The molecule has 1 atom stereocenters. The molecule has 0 aromatic heterocycles. The van der Waals surface area contributed by atoms with E-state index in [4.69, 9.17) is 14.2 Å². The highest BCUT2D eigenvalue weighted by atomic mass is 16.6. The zero-order chi connectivity index (χ0) is 57.8. The van der Waals surface area contributed by atoms with Crippen molar-refractivity contribution in [3.63, 3.8) is 0 Å². The minimum atomic E-state index is -0.810. The molecule has 0 aliphatic rings. The van der Waals surface area contributed by atoms with Gasteiger partial charge in [-0.15, -0.1) is 0 Å². The zero-order valence-corrected chi connectivity index (χ0v) is 52.8. The molecule has 6 heteroatoms. The third kappa shape index (κ3) is 65.1. The number of unbranched alkanes of at least 4 members (excludes halogenated alkanes) is 35. The second-order valence-corrected chi connectivity index (χ2v) is 22.7. The third-order valence-corrected chi connectivity index (χ3v) is 14.8. The van der Waals surface area contributed by atoms with Gasteiger partial charge in [0.2, 0.25) is 0 Å². The van der Waals surface area contributed by atoms with E-state index in [1.165, 1.54) is 186 Å². The molecule has 0 saturated carbocycles. The number of ether oxygens (including phenoxy) is 3. The van der Waals surface area contributed by atoms with E-state index in [1.54, 1.807) is 0 Å². The van der Waals surface area contributed by atoms with Crippen molar-refractivity contribution in [1.29, 1.82) is 0 Å². The zero-order valence-electron chi connectivity index (χ0n) is 52.8. The van der Waals surface area contributed by atoms with Gasteiger partial charge in [-0.2, -0.15) is 0 Å². The van der Waals surface area contributed by atoms with Crippen molar-refractivity contribution in [3.05, 3.63) is 97.2 Å². The molecule has 0 spiro atoms. The molecule has 0 radical (unpaired) electrons. The number of rotatable bonds is 62. The second-order valence-electron chi connectivity index (χ2n) is 22.7. The lowest BCUT2D eigenvalue weighted by Crippen LogP contribution is -2.30. The van der Waals surface area contributed by atoms with Gasteiger partial charge in [-0.1, -0.05) is 304 Å². The molecule has 0 rings (SSSR count). The third-order valence-electron chi connectivity index (χ3n) is 14.8. The maximum atomic E-state index is 12.8. The van der Waals surface area contributed by atoms with E-state index in [9.17, 15) is 14.4 Å². The number of carbonyl (C=O) groups excluding carboxylic acids is 3. The topological polar surface area (TPSA) is 78.9 Å². The molecule has 0 aliphatic heterocycles. The molecule has 0 amide bonds. The maximum Gasteiger partial charge on any atom is 0.306 e. The van der Waals surface area contributed by atoms with Crippen molar-refractivity contribution >= 4 is 17.9 Å². The van der Waals surface area contributed by atoms with E-state index in [0.29, 0.717) is 19.3 Å². The van der Waals surface area contributed by atoms with E-state index >= 15 is 0 Å². The first-order valence-electron chi connectivity index (χ1n) is 34.2. The minimum Gasteiger partial charge on any atom is -0.462 e. The van der Waals surface area contributed by atoms with Crippen molar-refractivity contribution in [3.8, 4) is 0 Å². The molecule has 0 aromatic carbocycles. The molecule has 0 fully saturated rings. The van der Waals surface area contributed by atoms with Crippen LogP contribution in [0.1, 0.15) is 335 Å². The van der Waals surface area contributed by atoms with Gasteiger partial charge in [0, 0.05) is 19.3 Å². The smallest absolute Gasteiger partial charge is 0.306 e. The number of esters is 3. The number of hydrogen-bond acceptors (Lipinski definition) is 6. The van der Waals surface area contributed by atoms with E-state index < -0.39 is 6.10 Å². The van der Waals surface area contributed by atoms with Gasteiger partial charge in [-0.25, -0.2) is 0 Å².